The van der Waals surface area contributed by atoms with E-state index in [0.29, 0.717) is 0 Å². The van der Waals surface area contributed by atoms with Gasteiger partial charge in [0.15, 0.2) is 0 Å². The molecule has 0 aliphatic heterocycles. The first-order valence-corrected chi connectivity index (χ1v) is 14.5. The largest absolute Gasteiger partial charge is 0.0616 e. The number of hydrogen-bond acceptors (Lipinski definition) is 0. The molecule has 7 aromatic carbocycles. The van der Waals surface area contributed by atoms with E-state index in [9.17, 15) is 0 Å². The molecule has 0 saturated heterocycles. The summed E-state index contributed by atoms with van der Waals surface area (Å²) in [5.74, 6) is 0. The smallest absolute Gasteiger partial charge is 0.0287 e. The van der Waals surface area contributed by atoms with E-state index in [1.807, 2.05) is 0 Å². The third-order valence-electron chi connectivity index (χ3n) is 8.13. The second-order valence-corrected chi connectivity index (χ2v) is 11.4. The first-order valence-electron chi connectivity index (χ1n) is 13.4. The maximum absolute atomic E-state index is 2.53. The lowest BCUT2D eigenvalue weighted by Gasteiger charge is -2.17. The maximum atomic E-state index is 2.53. The molecule has 0 unspecified atom stereocenters. The molecule has 39 heavy (non-hydrogen) atoms. The first-order chi connectivity index (χ1) is 19.1. The van der Waals surface area contributed by atoms with Gasteiger partial charge in [-0.2, -0.15) is 0 Å². The van der Waals surface area contributed by atoms with Crippen LogP contribution in [0.25, 0.3) is 65.7 Å². The number of hydrogen-bond donors (Lipinski definition) is 0. The Balaban J connectivity index is 1.51. The van der Waals surface area contributed by atoms with Gasteiger partial charge in [-0.15, -0.1) is 0 Å². The Hall–Kier alpha value is -3.95. The van der Waals surface area contributed by atoms with E-state index < -0.39 is 0 Å². The molecule has 1 heteroatoms. The number of benzene rings is 7. The van der Waals surface area contributed by atoms with Gasteiger partial charge >= 0.3 is 0 Å². The van der Waals surface area contributed by atoms with Gasteiger partial charge in [0.1, 0.15) is 0 Å². The predicted molar refractivity (Wildman–Crippen MR) is 177 cm³/mol. The molecule has 0 spiro atoms. The lowest BCUT2D eigenvalue weighted by molar-refractivity contribution is 1.48. The van der Waals surface area contributed by atoms with Gasteiger partial charge in [0.2, 0.25) is 0 Å². The summed E-state index contributed by atoms with van der Waals surface area (Å²) in [7, 11) is 0. The minimum Gasteiger partial charge on any atom is -0.0616 e. The van der Waals surface area contributed by atoms with Crippen molar-refractivity contribution >= 4 is 54.9 Å². The molecule has 0 aromatic heterocycles. The standard InChI is InChI=1S/C38H27I/c1-24-32-12-6-3-9-26(32)15-18-34(24)29-21-30(35-19-16-27-10-4-7-13-33(27)25(35)2)23-31(22-29)37-20-17-28-11-5-8-14-36(28)38(37)39/h3-23H,1-2H3. The molecular weight excluding hydrogens is 583 g/mol. The van der Waals surface area contributed by atoms with Crippen LogP contribution >= 0.6 is 22.6 Å². The van der Waals surface area contributed by atoms with Gasteiger partial charge in [-0.3, -0.25) is 0 Å². The van der Waals surface area contributed by atoms with E-state index in [1.54, 1.807) is 0 Å². The molecule has 0 N–H and O–H groups in total. The first kappa shape index (κ1) is 24.1. The van der Waals surface area contributed by atoms with Crippen LogP contribution in [-0.2, 0) is 0 Å². The molecule has 7 rings (SSSR count). The van der Waals surface area contributed by atoms with Crippen LogP contribution in [0.4, 0.5) is 0 Å². The number of halogens is 1. The zero-order valence-electron chi connectivity index (χ0n) is 22.0. The van der Waals surface area contributed by atoms with Gasteiger partial charge in [-0.05, 0) is 131 Å². The Morgan fingerprint density at radius 3 is 1.23 bits per heavy atom. The van der Waals surface area contributed by atoms with Gasteiger partial charge in [-0.1, -0.05) is 109 Å². The van der Waals surface area contributed by atoms with Crippen LogP contribution in [0.2, 0.25) is 0 Å². The van der Waals surface area contributed by atoms with Crippen LogP contribution in [0, 0.1) is 17.4 Å². The average molecular weight is 611 g/mol. The van der Waals surface area contributed by atoms with E-state index >= 15 is 0 Å². The molecule has 0 bridgehead atoms. The van der Waals surface area contributed by atoms with Crippen LogP contribution in [0.15, 0.2) is 127 Å². The topological polar surface area (TPSA) is 0 Å². The van der Waals surface area contributed by atoms with Crippen molar-refractivity contribution in [3.8, 4) is 33.4 Å². The van der Waals surface area contributed by atoms with Crippen molar-refractivity contribution in [1.82, 2.24) is 0 Å². The lowest BCUT2D eigenvalue weighted by Crippen LogP contribution is -1.92. The van der Waals surface area contributed by atoms with E-state index in [0.717, 1.165) is 0 Å². The van der Waals surface area contributed by atoms with Crippen molar-refractivity contribution in [3.63, 3.8) is 0 Å². The Bertz CT molecular complexity index is 1800. The molecule has 0 aliphatic carbocycles. The quantitative estimate of drug-likeness (QED) is 0.175. The van der Waals surface area contributed by atoms with E-state index in [4.69, 9.17) is 0 Å². The summed E-state index contributed by atoms with van der Waals surface area (Å²) in [6, 6.07) is 46.8. The second-order valence-electron chi connectivity index (χ2n) is 10.4. The summed E-state index contributed by atoms with van der Waals surface area (Å²) in [5.41, 5.74) is 10.2. The van der Waals surface area contributed by atoms with Gasteiger partial charge < -0.3 is 0 Å². The predicted octanol–water partition coefficient (Wildman–Crippen LogP) is 11.4. The lowest BCUT2D eigenvalue weighted by atomic mass is 9.88. The fraction of sp³-hybridized carbons (Fsp3) is 0.0526. The molecule has 0 nitrogen and oxygen atoms in total. The zero-order chi connectivity index (χ0) is 26.5. The summed E-state index contributed by atoms with van der Waals surface area (Å²) in [6.45, 7) is 4.51. The minimum absolute atomic E-state index is 1.25. The van der Waals surface area contributed by atoms with Crippen molar-refractivity contribution < 1.29 is 0 Å². The normalized spacial score (nSPS) is 11.5. The number of rotatable bonds is 3. The number of fused-ring (bicyclic) bond motifs is 3. The highest BCUT2D eigenvalue weighted by Gasteiger charge is 2.15. The molecular formula is C38H27I. The maximum Gasteiger partial charge on any atom is 0.0287 e. The van der Waals surface area contributed by atoms with Crippen LogP contribution in [0.5, 0.6) is 0 Å². The Morgan fingerprint density at radius 2 is 0.744 bits per heavy atom. The molecule has 0 atom stereocenters. The molecule has 0 saturated carbocycles. The fourth-order valence-corrected chi connectivity index (χ4v) is 7.01. The SMILES string of the molecule is Cc1c(-c2cc(-c3ccc4ccccc4c3C)cc(-c3ccc4ccccc4c3I)c2)ccc2ccccc12. The van der Waals surface area contributed by atoms with Gasteiger partial charge in [-0.25, -0.2) is 0 Å². The van der Waals surface area contributed by atoms with Gasteiger partial charge in [0.05, 0.1) is 0 Å². The van der Waals surface area contributed by atoms with Crippen molar-refractivity contribution in [1.29, 1.82) is 0 Å². The third-order valence-corrected chi connectivity index (χ3v) is 9.29. The molecule has 0 amide bonds. The summed E-state index contributed by atoms with van der Waals surface area (Å²) < 4.78 is 1.29. The van der Waals surface area contributed by atoms with Crippen molar-refractivity contribution in [2.75, 3.05) is 0 Å². The molecule has 0 heterocycles. The molecule has 7 aromatic rings. The van der Waals surface area contributed by atoms with Crippen LogP contribution in [0.1, 0.15) is 11.1 Å². The van der Waals surface area contributed by atoms with Crippen LogP contribution in [0.3, 0.4) is 0 Å². The van der Waals surface area contributed by atoms with Crippen molar-refractivity contribution in [2.45, 2.75) is 13.8 Å². The molecule has 0 radical (unpaired) electrons. The molecule has 0 fully saturated rings. The zero-order valence-corrected chi connectivity index (χ0v) is 24.2. The van der Waals surface area contributed by atoms with E-state index in [1.165, 1.54) is 80.4 Å². The van der Waals surface area contributed by atoms with Gasteiger partial charge in [0.25, 0.3) is 0 Å². The summed E-state index contributed by atoms with van der Waals surface area (Å²) >= 11 is 2.53. The minimum atomic E-state index is 1.25. The van der Waals surface area contributed by atoms with Crippen LogP contribution in [-0.4, -0.2) is 0 Å². The molecule has 186 valence electrons. The summed E-state index contributed by atoms with van der Waals surface area (Å²) in [6.07, 6.45) is 0. The highest BCUT2D eigenvalue weighted by atomic mass is 127. The molecule has 0 aliphatic rings. The van der Waals surface area contributed by atoms with Crippen molar-refractivity contribution in [2.24, 2.45) is 0 Å². The van der Waals surface area contributed by atoms with Crippen LogP contribution < -0.4 is 0 Å². The average Bonchev–Trinajstić information content (AvgIpc) is 2.98. The summed E-state index contributed by atoms with van der Waals surface area (Å²) in [5, 5.41) is 7.76. The summed E-state index contributed by atoms with van der Waals surface area (Å²) in [4.78, 5) is 0. The van der Waals surface area contributed by atoms with E-state index in [-0.39, 0.29) is 0 Å². The second kappa shape index (κ2) is 9.66. The third kappa shape index (κ3) is 4.13. The Morgan fingerprint density at radius 1 is 0.385 bits per heavy atom. The van der Waals surface area contributed by atoms with Gasteiger partial charge in [0, 0.05) is 3.57 Å². The highest BCUT2D eigenvalue weighted by molar-refractivity contribution is 14.1. The monoisotopic (exact) mass is 610 g/mol. The Labute approximate surface area is 243 Å². The highest BCUT2D eigenvalue weighted by Crippen LogP contribution is 2.40. The van der Waals surface area contributed by atoms with E-state index in [2.05, 4.69) is 164 Å². The van der Waals surface area contributed by atoms with Crippen molar-refractivity contribution in [3.05, 3.63) is 142 Å². The Kier molecular flexibility index (Phi) is 5.97. The number of aryl methyl sites for hydroxylation is 2. The fourth-order valence-electron chi connectivity index (χ4n) is 6.03.